The van der Waals surface area contributed by atoms with Gasteiger partial charge in [-0.05, 0) is 12.5 Å². The Hall–Kier alpha value is -0.530. The van der Waals surface area contributed by atoms with Crippen LogP contribution in [0.25, 0.3) is 0 Å². The quantitative estimate of drug-likeness (QED) is 0.256. The van der Waals surface area contributed by atoms with Gasteiger partial charge in [0.15, 0.2) is 0 Å². The van der Waals surface area contributed by atoms with Gasteiger partial charge in [0.1, 0.15) is 6.54 Å². The van der Waals surface area contributed by atoms with Crippen molar-refractivity contribution in [3.05, 3.63) is 12.3 Å². The molecule has 0 rings (SSSR count). The summed E-state index contributed by atoms with van der Waals surface area (Å²) in [6.45, 7) is 6.91. The average Bonchev–Trinajstić information content (AvgIpc) is 2.44. The SMILES string of the molecule is CCCOCC[N+](C)(C)/C=C/CNC(=O)NCCC[N+](C)(C)C.[Cl-].[Cl-]. The minimum Gasteiger partial charge on any atom is -1.00 e. The van der Waals surface area contributed by atoms with Gasteiger partial charge in [0.2, 0.25) is 0 Å². The first kappa shape index (κ1) is 29.2. The standard InChI is InChI=1S/C17H37N4O2.2ClH/c1-7-15-23-16-14-21(5,6)13-9-11-19-17(22)18-10-8-12-20(2,3)4;;/h9,13H,7-8,10-12,14-16H2,1-6H3,(H-,18,19,22);2*1H/q+1;;/p-1/b13-9+;;. The van der Waals surface area contributed by atoms with Crippen molar-refractivity contribution in [2.24, 2.45) is 0 Å². The lowest BCUT2D eigenvalue weighted by Gasteiger charge is -2.24. The smallest absolute Gasteiger partial charge is 0.315 e. The molecular weight excluding hydrogens is 363 g/mol. The number of nitrogens with zero attached hydrogens (tertiary/aromatic N) is 2. The second-order valence-corrected chi connectivity index (χ2v) is 7.50. The second-order valence-electron chi connectivity index (χ2n) is 7.50. The van der Waals surface area contributed by atoms with Crippen LogP contribution in [0.4, 0.5) is 4.79 Å². The highest BCUT2D eigenvalue weighted by molar-refractivity contribution is 5.73. The van der Waals surface area contributed by atoms with Crippen molar-refractivity contribution >= 4 is 6.03 Å². The predicted octanol–water partition coefficient (Wildman–Crippen LogP) is -4.59. The van der Waals surface area contributed by atoms with Crippen LogP contribution in [0, 0.1) is 0 Å². The van der Waals surface area contributed by atoms with E-state index < -0.39 is 0 Å². The molecule has 0 saturated carbocycles. The number of carbonyl (C=O) groups excluding carboxylic acids is 1. The molecule has 2 N–H and O–H groups in total. The molecule has 0 aliphatic rings. The van der Waals surface area contributed by atoms with Crippen LogP contribution >= 0.6 is 0 Å². The number of quaternary nitrogens is 2. The zero-order valence-corrected chi connectivity index (χ0v) is 18.3. The molecule has 0 saturated heterocycles. The number of halogens is 2. The maximum Gasteiger partial charge on any atom is 0.315 e. The highest BCUT2D eigenvalue weighted by atomic mass is 35.5. The number of carbonyl (C=O) groups is 1. The topological polar surface area (TPSA) is 50.4 Å². The van der Waals surface area contributed by atoms with Crippen molar-refractivity contribution in [1.29, 1.82) is 0 Å². The van der Waals surface area contributed by atoms with E-state index in [1.165, 1.54) is 0 Å². The Morgan fingerprint density at radius 1 is 1.00 bits per heavy atom. The summed E-state index contributed by atoms with van der Waals surface area (Å²) < 4.78 is 7.18. The number of rotatable bonds is 12. The van der Waals surface area contributed by atoms with E-state index in [1.54, 1.807) is 0 Å². The lowest BCUT2D eigenvalue weighted by molar-refractivity contribution is -0.870. The number of ether oxygens (including phenoxy) is 1. The molecule has 25 heavy (non-hydrogen) atoms. The molecule has 0 bridgehead atoms. The maximum absolute atomic E-state index is 11.6. The van der Waals surface area contributed by atoms with E-state index in [-0.39, 0.29) is 30.8 Å². The van der Waals surface area contributed by atoms with Gasteiger partial charge in [0, 0.05) is 26.1 Å². The lowest BCUT2D eigenvalue weighted by atomic mass is 10.4. The molecule has 0 aromatic heterocycles. The molecule has 6 nitrogen and oxygen atoms in total. The van der Waals surface area contributed by atoms with Gasteiger partial charge < -0.3 is 49.2 Å². The van der Waals surface area contributed by atoms with Crippen molar-refractivity contribution in [2.45, 2.75) is 19.8 Å². The van der Waals surface area contributed by atoms with E-state index >= 15 is 0 Å². The van der Waals surface area contributed by atoms with Gasteiger partial charge in [-0.15, -0.1) is 0 Å². The summed E-state index contributed by atoms with van der Waals surface area (Å²) >= 11 is 0. The summed E-state index contributed by atoms with van der Waals surface area (Å²) in [5.41, 5.74) is 0. The molecule has 0 aromatic rings. The third kappa shape index (κ3) is 21.4. The van der Waals surface area contributed by atoms with Crippen LogP contribution < -0.4 is 35.4 Å². The summed E-state index contributed by atoms with van der Waals surface area (Å²) in [7, 11) is 10.7. The Bertz CT molecular complexity index is 359. The molecule has 0 heterocycles. The molecule has 0 fully saturated rings. The van der Waals surface area contributed by atoms with E-state index in [2.05, 4.69) is 59.0 Å². The number of amides is 2. The van der Waals surface area contributed by atoms with Crippen molar-refractivity contribution < 1.29 is 43.3 Å². The summed E-state index contributed by atoms with van der Waals surface area (Å²) in [6.07, 6.45) is 6.11. The van der Waals surface area contributed by atoms with Crippen LogP contribution in [-0.4, -0.2) is 89.6 Å². The third-order valence-electron chi connectivity index (χ3n) is 3.34. The lowest BCUT2D eigenvalue weighted by Crippen LogP contribution is -3.00. The van der Waals surface area contributed by atoms with Gasteiger partial charge in [-0.1, -0.05) is 6.92 Å². The van der Waals surface area contributed by atoms with Crippen LogP contribution in [0.5, 0.6) is 0 Å². The Morgan fingerprint density at radius 3 is 2.20 bits per heavy atom. The second kappa shape index (κ2) is 15.7. The van der Waals surface area contributed by atoms with Crippen LogP contribution in [0.2, 0.25) is 0 Å². The number of urea groups is 1. The Labute approximate surface area is 167 Å². The number of hydrogen-bond donors (Lipinski definition) is 2. The van der Waals surface area contributed by atoms with Crippen LogP contribution in [0.15, 0.2) is 12.3 Å². The molecule has 0 unspecified atom stereocenters. The van der Waals surface area contributed by atoms with Crippen molar-refractivity contribution in [3.63, 3.8) is 0 Å². The first-order valence-electron chi connectivity index (χ1n) is 8.56. The van der Waals surface area contributed by atoms with Crippen LogP contribution in [0.3, 0.4) is 0 Å². The molecule has 2 amide bonds. The summed E-state index contributed by atoms with van der Waals surface area (Å²) in [5.74, 6) is 0. The van der Waals surface area contributed by atoms with Crippen molar-refractivity contribution in [1.82, 2.24) is 10.6 Å². The molecular formula is C17H38Cl2N4O2. The highest BCUT2D eigenvalue weighted by Crippen LogP contribution is 1.98. The summed E-state index contributed by atoms with van der Waals surface area (Å²) in [6, 6.07) is -0.104. The number of likely N-dealkylation sites (N-methyl/N-ethyl adjacent to an activating group) is 1. The van der Waals surface area contributed by atoms with E-state index in [9.17, 15) is 4.79 Å². The third-order valence-corrected chi connectivity index (χ3v) is 3.34. The Kier molecular flexibility index (Phi) is 18.4. The molecule has 0 aliphatic heterocycles. The van der Waals surface area contributed by atoms with Gasteiger partial charge in [0.05, 0.1) is 54.6 Å². The Morgan fingerprint density at radius 2 is 1.64 bits per heavy atom. The van der Waals surface area contributed by atoms with E-state index in [0.29, 0.717) is 13.1 Å². The Balaban J connectivity index is -0.00000242. The fourth-order valence-corrected chi connectivity index (χ4v) is 1.93. The summed E-state index contributed by atoms with van der Waals surface area (Å²) in [4.78, 5) is 11.6. The molecule has 0 atom stereocenters. The molecule has 0 radical (unpaired) electrons. The van der Waals surface area contributed by atoms with E-state index in [1.807, 2.05) is 6.08 Å². The first-order valence-corrected chi connectivity index (χ1v) is 8.56. The maximum atomic E-state index is 11.6. The zero-order valence-electron chi connectivity index (χ0n) is 16.8. The fraction of sp³-hybridized carbons (Fsp3) is 0.824. The molecule has 0 aliphatic carbocycles. The number of nitrogens with one attached hydrogen (secondary N) is 2. The normalized spacial score (nSPS) is 11.6. The molecule has 8 heteroatoms. The number of hydrogen-bond acceptors (Lipinski definition) is 2. The predicted molar refractivity (Wildman–Crippen MR) is 96.1 cm³/mol. The van der Waals surface area contributed by atoms with Gasteiger partial charge >= 0.3 is 6.03 Å². The monoisotopic (exact) mass is 400 g/mol. The van der Waals surface area contributed by atoms with Gasteiger partial charge in [-0.3, -0.25) is 0 Å². The largest absolute Gasteiger partial charge is 1.00 e. The molecule has 0 aromatic carbocycles. The molecule has 152 valence electrons. The van der Waals surface area contributed by atoms with Gasteiger partial charge in [0.25, 0.3) is 0 Å². The van der Waals surface area contributed by atoms with E-state index in [4.69, 9.17) is 4.74 Å². The van der Waals surface area contributed by atoms with Crippen LogP contribution in [-0.2, 0) is 4.74 Å². The van der Waals surface area contributed by atoms with Crippen LogP contribution in [0.1, 0.15) is 19.8 Å². The minimum atomic E-state index is -0.104. The fourth-order valence-electron chi connectivity index (χ4n) is 1.93. The zero-order chi connectivity index (χ0) is 17.8. The van der Waals surface area contributed by atoms with Gasteiger partial charge in [-0.2, -0.15) is 0 Å². The average molecular weight is 401 g/mol. The first-order chi connectivity index (χ1) is 10.7. The van der Waals surface area contributed by atoms with Crippen molar-refractivity contribution in [3.8, 4) is 0 Å². The molecule has 0 spiro atoms. The van der Waals surface area contributed by atoms with Crippen molar-refractivity contribution in [2.75, 3.05) is 74.6 Å². The summed E-state index contributed by atoms with van der Waals surface area (Å²) in [5, 5.41) is 5.73. The minimum absolute atomic E-state index is 0. The van der Waals surface area contributed by atoms with E-state index in [0.717, 1.165) is 48.1 Å². The highest BCUT2D eigenvalue weighted by Gasteiger charge is 2.10. The van der Waals surface area contributed by atoms with Gasteiger partial charge in [-0.25, -0.2) is 4.79 Å².